The Balaban J connectivity index is 1.36. The summed E-state index contributed by atoms with van der Waals surface area (Å²) >= 11 is 0. The molecule has 0 unspecified atom stereocenters. The molecule has 7 aromatic carbocycles. The Labute approximate surface area is 262 Å². The molecule has 2 heteroatoms. The van der Waals surface area contributed by atoms with E-state index in [-0.39, 0.29) is 0 Å². The number of hydrogen-bond acceptors (Lipinski definition) is 2. The predicted molar refractivity (Wildman–Crippen MR) is 186 cm³/mol. The highest BCUT2D eigenvalue weighted by atomic mass is 16.3. The maximum Gasteiger partial charge on any atom is 0.159 e. The van der Waals surface area contributed by atoms with E-state index < -0.39 is 5.41 Å². The second kappa shape index (κ2) is 10.1. The van der Waals surface area contributed by atoms with Gasteiger partial charge in [0.25, 0.3) is 0 Å². The van der Waals surface area contributed by atoms with Gasteiger partial charge in [0, 0.05) is 22.1 Å². The van der Waals surface area contributed by atoms with Crippen molar-refractivity contribution in [3.63, 3.8) is 0 Å². The number of fused-ring (bicyclic) bond motifs is 6. The van der Waals surface area contributed by atoms with Gasteiger partial charge < -0.3 is 9.32 Å². The van der Waals surface area contributed by atoms with Crippen molar-refractivity contribution in [2.45, 2.75) is 5.41 Å². The Kier molecular flexibility index (Phi) is 5.76. The smallest absolute Gasteiger partial charge is 0.159 e. The first kappa shape index (κ1) is 25.6. The molecule has 2 nitrogen and oxygen atoms in total. The van der Waals surface area contributed by atoms with Gasteiger partial charge in [-0.1, -0.05) is 133 Å². The molecular formula is C43H29NO. The topological polar surface area (TPSA) is 16.4 Å². The SMILES string of the molecule is c1ccc(N(c2ccccc2)c2cccc3c2oc2cc4c(cc23)-c2ccccc2C4(c2ccccc2)c2ccccc2)cc1. The third-order valence-electron chi connectivity index (χ3n) is 9.32. The van der Waals surface area contributed by atoms with Crippen LogP contribution in [0, 0.1) is 0 Å². The first-order chi connectivity index (χ1) is 22.3. The van der Waals surface area contributed by atoms with Crippen LogP contribution >= 0.6 is 0 Å². The highest BCUT2D eigenvalue weighted by Gasteiger charge is 2.46. The van der Waals surface area contributed by atoms with E-state index in [1.807, 2.05) is 0 Å². The maximum atomic E-state index is 6.96. The van der Waals surface area contributed by atoms with E-state index in [9.17, 15) is 0 Å². The van der Waals surface area contributed by atoms with Crippen LogP contribution in [-0.2, 0) is 5.41 Å². The zero-order valence-corrected chi connectivity index (χ0v) is 24.6. The minimum Gasteiger partial charge on any atom is -0.454 e. The van der Waals surface area contributed by atoms with E-state index in [2.05, 4.69) is 181 Å². The summed E-state index contributed by atoms with van der Waals surface area (Å²) in [6.45, 7) is 0. The molecule has 1 aromatic heterocycles. The van der Waals surface area contributed by atoms with Gasteiger partial charge in [-0.05, 0) is 75.8 Å². The molecule has 0 N–H and O–H groups in total. The summed E-state index contributed by atoms with van der Waals surface area (Å²) in [5.41, 5.74) is 12.0. The number of benzene rings is 7. The lowest BCUT2D eigenvalue weighted by molar-refractivity contribution is 0.666. The van der Waals surface area contributed by atoms with Crippen molar-refractivity contribution in [1.82, 2.24) is 0 Å². The quantitative estimate of drug-likeness (QED) is 0.203. The van der Waals surface area contributed by atoms with Crippen LogP contribution in [-0.4, -0.2) is 0 Å². The van der Waals surface area contributed by atoms with Crippen LogP contribution in [0.15, 0.2) is 180 Å². The van der Waals surface area contributed by atoms with Crippen LogP contribution in [0.1, 0.15) is 22.3 Å². The number of nitrogens with zero attached hydrogens (tertiary/aromatic N) is 1. The van der Waals surface area contributed by atoms with Crippen LogP contribution in [0.3, 0.4) is 0 Å². The van der Waals surface area contributed by atoms with Gasteiger partial charge in [0.1, 0.15) is 5.58 Å². The molecule has 0 fully saturated rings. The molecule has 1 heterocycles. The van der Waals surface area contributed by atoms with Crippen LogP contribution in [0.5, 0.6) is 0 Å². The number of hydrogen-bond donors (Lipinski definition) is 0. The number of rotatable bonds is 5. The Bertz CT molecular complexity index is 2230. The molecule has 0 aliphatic heterocycles. The maximum absolute atomic E-state index is 6.96. The van der Waals surface area contributed by atoms with Crippen molar-refractivity contribution in [2.75, 3.05) is 4.90 Å². The summed E-state index contributed by atoms with van der Waals surface area (Å²) in [5, 5.41) is 2.23. The minimum absolute atomic E-state index is 0.468. The Morgan fingerprint density at radius 1 is 0.422 bits per heavy atom. The van der Waals surface area contributed by atoms with Gasteiger partial charge in [-0.2, -0.15) is 0 Å². The summed E-state index contributed by atoms with van der Waals surface area (Å²) in [4.78, 5) is 2.28. The summed E-state index contributed by atoms with van der Waals surface area (Å²) in [6.07, 6.45) is 0. The van der Waals surface area contributed by atoms with Crippen molar-refractivity contribution < 1.29 is 4.42 Å². The average molecular weight is 576 g/mol. The lowest BCUT2D eigenvalue weighted by Crippen LogP contribution is -2.28. The molecule has 0 radical (unpaired) electrons. The average Bonchev–Trinajstić information content (AvgIpc) is 3.63. The normalized spacial score (nSPS) is 13.1. The number of para-hydroxylation sites is 3. The Hall–Kier alpha value is -5.86. The fourth-order valence-electron chi connectivity index (χ4n) is 7.47. The highest BCUT2D eigenvalue weighted by molar-refractivity contribution is 6.12. The van der Waals surface area contributed by atoms with Gasteiger partial charge in [-0.15, -0.1) is 0 Å². The summed E-state index contributed by atoms with van der Waals surface area (Å²) in [6, 6.07) is 62.9. The zero-order valence-electron chi connectivity index (χ0n) is 24.6. The van der Waals surface area contributed by atoms with Gasteiger partial charge in [-0.3, -0.25) is 0 Å². The van der Waals surface area contributed by atoms with Crippen LogP contribution in [0.2, 0.25) is 0 Å². The molecule has 0 amide bonds. The summed E-state index contributed by atoms with van der Waals surface area (Å²) in [5.74, 6) is 0. The molecule has 212 valence electrons. The highest BCUT2D eigenvalue weighted by Crippen LogP contribution is 2.57. The molecule has 0 atom stereocenters. The first-order valence-corrected chi connectivity index (χ1v) is 15.4. The first-order valence-electron chi connectivity index (χ1n) is 15.4. The van der Waals surface area contributed by atoms with Crippen molar-refractivity contribution in [2.24, 2.45) is 0 Å². The van der Waals surface area contributed by atoms with E-state index in [0.29, 0.717) is 0 Å². The van der Waals surface area contributed by atoms with Gasteiger partial charge in [0.2, 0.25) is 0 Å². The van der Waals surface area contributed by atoms with Crippen LogP contribution in [0.25, 0.3) is 33.1 Å². The fourth-order valence-corrected chi connectivity index (χ4v) is 7.47. The number of anilines is 3. The molecule has 0 bridgehead atoms. The third-order valence-corrected chi connectivity index (χ3v) is 9.32. The van der Waals surface area contributed by atoms with Crippen molar-refractivity contribution in [3.8, 4) is 11.1 Å². The molecule has 0 spiro atoms. The van der Waals surface area contributed by atoms with Crippen molar-refractivity contribution >= 4 is 39.0 Å². The molecule has 8 aromatic rings. The van der Waals surface area contributed by atoms with Crippen molar-refractivity contribution in [3.05, 3.63) is 198 Å². The number of furan rings is 1. The molecule has 0 saturated carbocycles. The van der Waals surface area contributed by atoms with Gasteiger partial charge >= 0.3 is 0 Å². The van der Waals surface area contributed by atoms with Crippen LogP contribution in [0.4, 0.5) is 17.1 Å². The van der Waals surface area contributed by atoms with Gasteiger partial charge in [0.15, 0.2) is 5.58 Å². The summed E-state index contributed by atoms with van der Waals surface area (Å²) < 4.78 is 6.96. The second-order valence-corrected chi connectivity index (χ2v) is 11.7. The zero-order chi connectivity index (χ0) is 29.8. The molecular weight excluding hydrogens is 546 g/mol. The molecule has 0 saturated heterocycles. The van der Waals surface area contributed by atoms with Gasteiger partial charge in [-0.25, -0.2) is 0 Å². The van der Waals surface area contributed by atoms with E-state index in [4.69, 9.17) is 4.42 Å². The standard InChI is InChI=1S/C43H29NO/c1-5-16-30(17-6-1)43(31-18-7-2-8-19-31)38-26-14-13-24-34(38)36-28-37-35-25-15-27-40(42(35)45-41(37)29-39(36)43)44(32-20-9-3-10-21-32)33-22-11-4-12-23-33/h1-29H. The fraction of sp³-hybridized carbons (Fsp3) is 0.0233. The van der Waals surface area contributed by atoms with Crippen molar-refractivity contribution in [1.29, 1.82) is 0 Å². The second-order valence-electron chi connectivity index (χ2n) is 11.7. The summed E-state index contributed by atoms with van der Waals surface area (Å²) in [7, 11) is 0. The third kappa shape index (κ3) is 3.76. The van der Waals surface area contributed by atoms with E-state index in [1.54, 1.807) is 0 Å². The monoisotopic (exact) mass is 575 g/mol. The van der Waals surface area contributed by atoms with Crippen LogP contribution < -0.4 is 4.90 Å². The molecule has 45 heavy (non-hydrogen) atoms. The predicted octanol–water partition coefficient (Wildman–Crippen LogP) is 11.4. The Morgan fingerprint density at radius 3 is 1.60 bits per heavy atom. The molecule has 9 rings (SSSR count). The molecule has 1 aliphatic rings. The van der Waals surface area contributed by atoms with E-state index in [0.717, 1.165) is 39.0 Å². The lowest BCUT2D eigenvalue weighted by atomic mass is 9.67. The lowest BCUT2D eigenvalue weighted by Gasteiger charge is -2.33. The van der Waals surface area contributed by atoms with Gasteiger partial charge in [0.05, 0.1) is 11.1 Å². The van der Waals surface area contributed by atoms with E-state index >= 15 is 0 Å². The minimum atomic E-state index is -0.468. The largest absolute Gasteiger partial charge is 0.454 e. The Morgan fingerprint density at radius 2 is 0.978 bits per heavy atom. The van der Waals surface area contributed by atoms with E-state index in [1.165, 1.54) is 33.4 Å². The molecule has 1 aliphatic carbocycles.